The van der Waals surface area contributed by atoms with Crippen LogP contribution in [0.3, 0.4) is 0 Å². The Labute approximate surface area is 248 Å². The lowest BCUT2D eigenvalue weighted by molar-refractivity contribution is -0.137. The fourth-order valence-electron chi connectivity index (χ4n) is 3.85. The summed E-state index contributed by atoms with van der Waals surface area (Å²) in [6.45, 7) is 11.8. The summed E-state index contributed by atoms with van der Waals surface area (Å²) < 4.78 is 21.6. The van der Waals surface area contributed by atoms with Gasteiger partial charge in [0.15, 0.2) is 5.78 Å². The SMILES string of the molecule is C[C@H](CC(=O)[C@H](C)NC(=O)CCOCCOCCOCCOCCNC(=O)CCN1C(=O)C=CC1=O)C(=O)C(C)(C)C. The molecule has 0 spiro atoms. The zero-order valence-corrected chi connectivity index (χ0v) is 25.5. The highest BCUT2D eigenvalue weighted by atomic mass is 16.6. The minimum absolute atomic E-state index is 0.0193. The van der Waals surface area contributed by atoms with Gasteiger partial charge in [0, 0.05) is 55.8 Å². The minimum atomic E-state index is -0.669. The first-order valence-electron chi connectivity index (χ1n) is 14.3. The Morgan fingerprint density at radius 2 is 1.26 bits per heavy atom. The number of hydrogen-bond donors (Lipinski definition) is 2. The van der Waals surface area contributed by atoms with Gasteiger partial charge < -0.3 is 29.6 Å². The molecule has 13 nitrogen and oxygen atoms in total. The van der Waals surface area contributed by atoms with E-state index in [1.807, 2.05) is 20.8 Å². The van der Waals surface area contributed by atoms with Crippen molar-refractivity contribution in [2.24, 2.45) is 11.3 Å². The largest absolute Gasteiger partial charge is 0.379 e. The number of carbonyl (C=O) groups is 6. The highest BCUT2D eigenvalue weighted by molar-refractivity contribution is 6.13. The Balaban J connectivity index is 1.90. The zero-order chi connectivity index (χ0) is 31.5. The predicted octanol–water partition coefficient (Wildman–Crippen LogP) is 0.589. The van der Waals surface area contributed by atoms with Gasteiger partial charge in [-0.2, -0.15) is 0 Å². The van der Waals surface area contributed by atoms with E-state index in [1.54, 1.807) is 13.8 Å². The van der Waals surface area contributed by atoms with Gasteiger partial charge in [-0.3, -0.25) is 33.7 Å². The van der Waals surface area contributed by atoms with Crippen LogP contribution >= 0.6 is 0 Å². The molecule has 42 heavy (non-hydrogen) atoms. The summed E-state index contributed by atoms with van der Waals surface area (Å²) in [6.07, 6.45) is 2.60. The first-order valence-corrected chi connectivity index (χ1v) is 14.3. The van der Waals surface area contributed by atoms with Crippen molar-refractivity contribution in [1.29, 1.82) is 0 Å². The number of ketones is 2. The van der Waals surface area contributed by atoms with Crippen molar-refractivity contribution in [2.45, 2.75) is 59.9 Å². The van der Waals surface area contributed by atoms with Crippen molar-refractivity contribution in [3.8, 4) is 0 Å². The van der Waals surface area contributed by atoms with Crippen molar-refractivity contribution >= 4 is 35.2 Å². The maximum atomic E-state index is 12.4. The number of amides is 4. The second-order valence-corrected chi connectivity index (χ2v) is 10.9. The number of nitrogens with one attached hydrogen (secondary N) is 2. The summed E-state index contributed by atoms with van der Waals surface area (Å²) in [5, 5.41) is 5.31. The van der Waals surface area contributed by atoms with E-state index in [0.717, 1.165) is 4.90 Å². The monoisotopic (exact) mass is 597 g/mol. The van der Waals surface area contributed by atoms with E-state index in [1.165, 1.54) is 12.2 Å². The molecule has 0 saturated heterocycles. The number of nitrogens with zero attached hydrogens (tertiary/aromatic N) is 1. The quantitative estimate of drug-likeness (QED) is 0.126. The Kier molecular flexibility index (Phi) is 17.6. The molecular weight excluding hydrogens is 550 g/mol. The van der Waals surface area contributed by atoms with Crippen LogP contribution in [0.15, 0.2) is 12.2 Å². The first kappa shape index (κ1) is 37.0. The van der Waals surface area contributed by atoms with Gasteiger partial charge in [0.1, 0.15) is 5.78 Å². The molecule has 1 rings (SSSR count). The molecule has 2 atom stereocenters. The lowest BCUT2D eigenvalue weighted by atomic mass is 9.81. The molecule has 1 heterocycles. The van der Waals surface area contributed by atoms with Crippen molar-refractivity contribution in [3.63, 3.8) is 0 Å². The van der Waals surface area contributed by atoms with Crippen LogP contribution in [-0.2, 0) is 47.7 Å². The van der Waals surface area contributed by atoms with E-state index >= 15 is 0 Å². The van der Waals surface area contributed by atoms with Gasteiger partial charge in [-0.1, -0.05) is 27.7 Å². The average Bonchev–Trinajstić information content (AvgIpc) is 3.24. The van der Waals surface area contributed by atoms with Crippen LogP contribution in [0.5, 0.6) is 0 Å². The maximum Gasteiger partial charge on any atom is 0.253 e. The molecule has 0 aromatic rings. The highest BCUT2D eigenvalue weighted by Crippen LogP contribution is 2.22. The van der Waals surface area contributed by atoms with Gasteiger partial charge in [-0.15, -0.1) is 0 Å². The average molecular weight is 598 g/mol. The van der Waals surface area contributed by atoms with Gasteiger partial charge in [-0.25, -0.2) is 0 Å². The molecule has 0 aromatic heterocycles. The van der Waals surface area contributed by atoms with Gasteiger partial charge in [0.2, 0.25) is 11.8 Å². The fourth-order valence-corrected chi connectivity index (χ4v) is 3.85. The maximum absolute atomic E-state index is 12.4. The lowest BCUT2D eigenvalue weighted by Crippen LogP contribution is -2.40. The first-order chi connectivity index (χ1) is 19.8. The van der Waals surface area contributed by atoms with Crippen LogP contribution in [0.4, 0.5) is 0 Å². The molecule has 0 aromatic carbocycles. The smallest absolute Gasteiger partial charge is 0.253 e. The molecule has 0 aliphatic carbocycles. The molecule has 2 N–H and O–H groups in total. The number of rotatable bonds is 23. The Morgan fingerprint density at radius 1 is 0.762 bits per heavy atom. The van der Waals surface area contributed by atoms with Crippen molar-refractivity contribution in [2.75, 3.05) is 65.9 Å². The topological polar surface area (TPSA) is 167 Å². The normalized spacial score (nSPS) is 14.6. The van der Waals surface area contributed by atoms with Gasteiger partial charge >= 0.3 is 0 Å². The summed E-state index contributed by atoms with van der Waals surface area (Å²) in [4.78, 5) is 72.3. The van der Waals surface area contributed by atoms with Crippen LogP contribution in [0.2, 0.25) is 0 Å². The van der Waals surface area contributed by atoms with E-state index in [0.29, 0.717) is 52.8 Å². The van der Waals surface area contributed by atoms with Crippen LogP contribution in [0.25, 0.3) is 0 Å². The highest BCUT2D eigenvalue weighted by Gasteiger charge is 2.29. The van der Waals surface area contributed by atoms with E-state index in [-0.39, 0.29) is 55.8 Å². The van der Waals surface area contributed by atoms with E-state index in [4.69, 9.17) is 18.9 Å². The Hall–Kier alpha value is -3.00. The molecule has 238 valence electrons. The van der Waals surface area contributed by atoms with Crippen molar-refractivity contribution in [3.05, 3.63) is 12.2 Å². The summed E-state index contributed by atoms with van der Waals surface area (Å²) in [6, 6.07) is -0.669. The van der Waals surface area contributed by atoms with E-state index in [9.17, 15) is 28.8 Å². The standard InChI is InChI=1S/C29H47N3O10/c1-21(28(38)29(3,4)5)20-23(33)22(2)31-25(35)9-12-39-14-16-41-18-19-42-17-15-40-13-10-30-24(34)8-11-32-26(36)6-7-27(32)37/h6-7,21-22H,8-20H2,1-5H3,(H,30,34)(H,31,35)/t21-,22+/m1/s1. The summed E-state index contributed by atoms with van der Waals surface area (Å²) in [5.74, 6) is -1.95. The number of carbonyl (C=O) groups excluding carboxylic acids is 6. The summed E-state index contributed by atoms with van der Waals surface area (Å²) in [7, 11) is 0. The van der Waals surface area contributed by atoms with Gasteiger partial charge in [0.05, 0.1) is 58.9 Å². The second-order valence-electron chi connectivity index (χ2n) is 10.9. The summed E-state index contributed by atoms with van der Waals surface area (Å²) in [5.41, 5.74) is -0.512. The van der Waals surface area contributed by atoms with Crippen molar-refractivity contribution < 1.29 is 47.7 Å². The zero-order valence-electron chi connectivity index (χ0n) is 25.5. The number of imide groups is 1. The second kappa shape index (κ2) is 20.0. The Morgan fingerprint density at radius 3 is 1.79 bits per heavy atom. The number of Topliss-reactive ketones (excluding diaryl/α,β-unsaturated/α-hetero) is 2. The van der Waals surface area contributed by atoms with E-state index in [2.05, 4.69) is 10.6 Å². The van der Waals surface area contributed by atoms with Crippen LogP contribution in [0.1, 0.15) is 53.9 Å². The van der Waals surface area contributed by atoms with E-state index < -0.39 is 29.2 Å². The molecule has 1 aliphatic rings. The number of hydrogen-bond acceptors (Lipinski definition) is 10. The van der Waals surface area contributed by atoms with Gasteiger partial charge in [-0.05, 0) is 6.92 Å². The molecule has 0 bridgehead atoms. The minimum Gasteiger partial charge on any atom is -0.379 e. The third-order valence-corrected chi connectivity index (χ3v) is 6.18. The van der Waals surface area contributed by atoms with Crippen LogP contribution in [-0.4, -0.2) is 112 Å². The molecule has 0 saturated carbocycles. The molecule has 13 heteroatoms. The van der Waals surface area contributed by atoms with Crippen LogP contribution < -0.4 is 10.6 Å². The molecule has 0 fully saturated rings. The van der Waals surface area contributed by atoms with Gasteiger partial charge in [0.25, 0.3) is 11.8 Å². The van der Waals surface area contributed by atoms with Crippen molar-refractivity contribution in [1.82, 2.24) is 15.5 Å². The van der Waals surface area contributed by atoms with Crippen LogP contribution in [0, 0.1) is 11.3 Å². The summed E-state index contributed by atoms with van der Waals surface area (Å²) >= 11 is 0. The molecule has 4 amide bonds. The third-order valence-electron chi connectivity index (χ3n) is 6.18. The molecule has 1 aliphatic heterocycles. The lowest BCUT2D eigenvalue weighted by Gasteiger charge is -2.22. The fraction of sp³-hybridized carbons (Fsp3) is 0.724. The number of ether oxygens (including phenoxy) is 4. The molecule has 0 radical (unpaired) electrons. The third kappa shape index (κ3) is 15.9. The molecular formula is C29H47N3O10. The Bertz CT molecular complexity index is 926. The molecule has 0 unspecified atom stereocenters. The predicted molar refractivity (Wildman–Crippen MR) is 152 cm³/mol.